The van der Waals surface area contributed by atoms with Gasteiger partial charge in [-0.1, -0.05) is 53.6 Å². The molecule has 4 rings (SSSR count). The van der Waals surface area contributed by atoms with E-state index in [0.29, 0.717) is 21.9 Å². The Balaban J connectivity index is 1.88. The van der Waals surface area contributed by atoms with Gasteiger partial charge in [-0.25, -0.2) is 0 Å². The molecule has 0 radical (unpaired) electrons. The minimum Gasteiger partial charge on any atom is -0.321 e. The van der Waals surface area contributed by atoms with Crippen molar-refractivity contribution in [2.45, 2.75) is 13.3 Å². The average Bonchev–Trinajstić information content (AvgIpc) is 3.08. The highest BCUT2D eigenvalue weighted by atomic mass is 35.5. The molecule has 0 unspecified atom stereocenters. The number of ketones is 1. The van der Waals surface area contributed by atoms with Crippen LogP contribution in [0.1, 0.15) is 23.1 Å². The van der Waals surface area contributed by atoms with Crippen molar-refractivity contribution < 1.29 is 9.59 Å². The Morgan fingerprint density at radius 1 is 0.875 bits per heavy atom. The van der Waals surface area contributed by atoms with Gasteiger partial charge in [0.05, 0.1) is 16.8 Å². The normalized spacial score (nSPS) is 16.8. The molecule has 0 saturated carbocycles. The number of carbonyl (C=O) groups excluding carboxylic acids is 2. The number of carbonyl (C=O) groups is 2. The number of fused-ring (bicyclic) bond motifs is 1. The molecule has 1 heterocycles. The highest BCUT2D eigenvalue weighted by Gasteiger charge is 2.40. The van der Waals surface area contributed by atoms with E-state index in [0.717, 1.165) is 22.3 Å². The molecule has 118 valence electrons. The SMILES string of the molecule is Cc1ccc(C2=C3C(=O)CC(c4ccc(Cl)cc4)=C3C(=O)N2)cc1. The van der Waals surface area contributed by atoms with Crippen molar-refractivity contribution in [1.82, 2.24) is 5.32 Å². The summed E-state index contributed by atoms with van der Waals surface area (Å²) in [6, 6.07) is 15.0. The number of Topliss-reactive ketones (excluding diaryl/α,β-unsaturated/α-hetero) is 1. The fourth-order valence-electron chi connectivity index (χ4n) is 3.22. The third kappa shape index (κ3) is 2.29. The zero-order chi connectivity index (χ0) is 16.8. The largest absolute Gasteiger partial charge is 0.321 e. The number of benzene rings is 2. The van der Waals surface area contributed by atoms with Gasteiger partial charge in [0.1, 0.15) is 0 Å². The zero-order valence-electron chi connectivity index (χ0n) is 13.0. The van der Waals surface area contributed by atoms with Crippen molar-refractivity contribution >= 4 is 34.6 Å². The van der Waals surface area contributed by atoms with Gasteiger partial charge in [0.15, 0.2) is 5.78 Å². The van der Waals surface area contributed by atoms with Gasteiger partial charge in [-0.3, -0.25) is 9.59 Å². The second-order valence-corrected chi connectivity index (χ2v) is 6.47. The Labute approximate surface area is 144 Å². The molecule has 3 nitrogen and oxygen atoms in total. The molecule has 0 bridgehead atoms. The predicted molar refractivity (Wildman–Crippen MR) is 94.2 cm³/mol. The van der Waals surface area contributed by atoms with Crippen LogP contribution in [0.4, 0.5) is 0 Å². The Hall–Kier alpha value is -2.65. The topological polar surface area (TPSA) is 46.2 Å². The van der Waals surface area contributed by atoms with Crippen molar-refractivity contribution in [3.05, 3.63) is 81.4 Å². The van der Waals surface area contributed by atoms with Crippen LogP contribution in [0.3, 0.4) is 0 Å². The average molecular weight is 336 g/mol. The Morgan fingerprint density at radius 3 is 2.17 bits per heavy atom. The summed E-state index contributed by atoms with van der Waals surface area (Å²) in [5, 5.41) is 3.49. The van der Waals surface area contributed by atoms with E-state index in [1.165, 1.54) is 0 Å². The first-order valence-corrected chi connectivity index (χ1v) is 8.08. The van der Waals surface area contributed by atoms with Crippen molar-refractivity contribution in [3.8, 4) is 0 Å². The molecule has 1 amide bonds. The maximum Gasteiger partial charge on any atom is 0.256 e. The number of halogens is 1. The van der Waals surface area contributed by atoms with Gasteiger partial charge in [0, 0.05) is 11.4 Å². The molecule has 24 heavy (non-hydrogen) atoms. The summed E-state index contributed by atoms with van der Waals surface area (Å²) >= 11 is 5.93. The van der Waals surface area contributed by atoms with Gasteiger partial charge in [0.25, 0.3) is 5.91 Å². The standard InChI is InChI=1S/C20H14ClNO2/c1-11-2-4-13(5-3-11)19-18-16(23)10-15(17(18)20(24)22-19)12-6-8-14(21)9-7-12/h2-9H,10H2,1H3,(H,22,24). The van der Waals surface area contributed by atoms with Crippen LogP contribution in [0.15, 0.2) is 59.7 Å². The second-order valence-electron chi connectivity index (χ2n) is 6.03. The van der Waals surface area contributed by atoms with E-state index < -0.39 is 0 Å². The predicted octanol–water partition coefficient (Wildman–Crippen LogP) is 3.92. The second kappa shape index (κ2) is 5.46. The lowest BCUT2D eigenvalue weighted by molar-refractivity contribution is -0.116. The van der Waals surface area contributed by atoms with Gasteiger partial charge in [0.2, 0.25) is 0 Å². The van der Waals surface area contributed by atoms with E-state index in [2.05, 4.69) is 5.32 Å². The number of aryl methyl sites for hydroxylation is 1. The summed E-state index contributed by atoms with van der Waals surface area (Å²) in [7, 11) is 0. The lowest BCUT2D eigenvalue weighted by Gasteiger charge is -2.06. The van der Waals surface area contributed by atoms with Crippen molar-refractivity contribution in [3.63, 3.8) is 0 Å². The van der Waals surface area contributed by atoms with E-state index in [9.17, 15) is 9.59 Å². The lowest BCUT2D eigenvalue weighted by atomic mass is 10.0. The first-order valence-electron chi connectivity index (χ1n) is 7.70. The molecule has 2 aromatic carbocycles. The molecule has 2 aliphatic rings. The van der Waals surface area contributed by atoms with Crippen molar-refractivity contribution in [1.29, 1.82) is 0 Å². The quantitative estimate of drug-likeness (QED) is 0.904. The van der Waals surface area contributed by atoms with Gasteiger partial charge < -0.3 is 5.32 Å². The summed E-state index contributed by atoms with van der Waals surface area (Å²) in [6.45, 7) is 2.00. The number of rotatable bonds is 2. The number of hydrogen-bond donors (Lipinski definition) is 1. The van der Waals surface area contributed by atoms with Crippen LogP contribution in [0.25, 0.3) is 11.3 Å². The van der Waals surface area contributed by atoms with Crippen LogP contribution in [0.2, 0.25) is 5.02 Å². The van der Waals surface area contributed by atoms with Crippen LogP contribution in [-0.2, 0) is 9.59 Å². The highest BCUT2D eigenvalue weighted by molar-refractivity contribution is 6.32. The summed E-state index contributed by atoms with van der Waals surface area (Å²) in [4.78, 5) is 25.1. The summed E-state index contributed by atoms with van der Waals surface area (Å²) in [5.74, 6) is -0.236. The number of allylic oxidation sites excluding steroid dienone is 1. The molecule has 1 aliphatic carbocycles. The molecule has 2 aromatic rings. The van der Waals surface area contributed by atoms with Crippen molar-refractivity contribution in [2.24, 2.45) is 0 Å². The number of nitrogens with one attached hydrogen (secondary N) is 1. The molecule has 1 aliphatic heterocycles. The van der Waals surface area contributed by atoms with E-state index in [1.807, 2.05) is 43.3 Å². The van der Waals surface area contributed by atoms with Crippen molar-refractivity contribution in [2.75, 3.05) is 0 Å². The van der Waals surface area contributed by atoms with Crippen LogP contribution >= 0.6 is 11.6 Å². The monoisotopic (exact) mass is 335 g/mol. The summed E-state index contributed by atoms with van der Waals surface area (Å²) in [5.41, 5.74) is 5.23. The molecule has 4 heteroatoms. The molecule has 0 spiro atoms. The van der Waals surface area contributed by atoms with Crippen LogP contribution < -0.4 is 5.32 Å². The van der Waals surface area contributed by atoms with E-state index in [4.69, 9.17) is 11.6 Å². The fraction of sp³-hybridized carbons (Fsp3) is 0.100. The highest BCUT2D eigenvalue weighted by Crippen LogP contribution is 2.42. The van der Waals surface area contributed by atoms with Crippen LogP contribution in [0.5, 0.6) is 0 Å². The summed E-state index contributed by atoms with van der Waals surface area (Å²) in [6.07, 6.45) is 0.245. The number of hydrogen-bond acceptors (Lipinski definition) is 2. The summed E-state index contributed by atoms with van der Waals surface area (Å²) < 4.78 is 0. The Morgan fingerprint density at radius 2 is 1.50 bits per heavy atom. The van der Waals surface area contributed by atoms with Gasteiger partial charge in [-0.15, -0.1) is 0 Å². The van der Waals surface area contributed by atoms with Gasteiger partial charge in [-0.05, 0) is 35.8 Å². The molecule has 1 N–H and O–H groups in total. The molecule has 0 aromatic heterocycles. The number of amides is 1. The fourth-order valence-corrected chi connectivity index (χ4v) is 3.34. The molecule has 0 atom stereocenters. The smallest absolute Gasteiger partial charge is 0.256 e. The van der Waals surface area contributed by atoms with Gasteiger partial charge >= 0.3 is 0 Å². The maximum atomic E-state index is 12.6. The molecular weight excluding hydrogens is 322 g/mol. The third-order valence-corrected chi connectivity index (χ3v) is 4.67. The first-order chi connectivity index (χ1) is 11.5. The maximum absolute atomic E-state index is 12.6. The molecule has 0 saturated heterocycles. The van der Waals surface area contributed by atoms with E-state index in [-0.39, 0.29) is 18.1 Å². The first kappa shape index (κ1) is 14.9. The van der Waals surface area contributed by atoms with E-state index >= 15 is 0 Å². The third-order valence-electron chi connectivity index (χ3n) is 4.42. The lowest BCUT2D eigenvalue weighted by Crippen LogP contribution is -2.16. The Kier molecular flexibility index (Phi) is 3.39. The Bertz CT molecular complexity index is 855. The minimum atomic E-state index is -0.212. The minimum absolute atomic E-state index is 0.0242. The van der Waals surface area contributed by atoms with E-state index in [1.54, 1.807) is 12.1 Å². The zero-order valence-corrected chi connectivity index (χ0v) is 13.8. The van der Waals surface area contributed by atoms with Crippen LogP contribution in [0, 0.1) is 6.92 Å². The van der Waals surface area contributed by atoms with Crippen LogP contribution in [-0.4, -0.2) is 11.7 Å². The molecule has 0 fully saturated rings. The molecular formula is C20H14ClNO2. The van der Waals surface area contributed by atoms with Gasteiger partial charge in [-0.2, -0.15) is 0 Å².